The first-order chi connectivity index (χ1) is 13.8. The van der Waals surface area contributed by atoms with E-state index in [0.717, 1.165) is 43.6 Å². The molecule has 5 rings (SSSR count). The van der Waals surface area contributed by atoms with Crippen LogP contribution >= 0.6 is 0 Å². The maximum absolute atomic E-state index is 5.41. The van der Waals surface area contributed by atoms with Crippen molar-refractivity contribution in [2.45, 2.75) is 0 Å². The van der Waals surface area contributed by atoms with Gasteiger partial charge in [-0.3, -0.25) is 0 Å². The summed E-state index contributed by atoms with van der Waals surface area (Å²) in [4.78, 5) is 17.5. The zero-order valence-corrected chi connectivity index (χ0v) is 15.0. The van der Waals surface area contributed by atoms with Crippen molar-refractivity contribution in [2.24, 2.45) is 0 Å². The van der Waals surface area contributed by atoms with Crippen LogP contribution in [-0.4, -0.2) is 58.1 Å². The van der Waals surface area contributed by atoms with Crippen molar-refractivity contribution in [2.75, 3.05) is 48.1 Å². The molecule has 4 heterocycles. The number of rotatable bonds is 4. The maximum atomic E-state index is 5.41. The topological polar surface area (TPSA) is 101 Å². The Morgan fingerprint density at radius 1 is 0.893 bits per heavy atom. The van der Waals surface area contributed by atoms with Gasteiger partial charge in [0.25, 0.3) is 0 Å². The molecule has 3 aromatic rings. The molecule has 28 heavy (non-hydrogen) atoms. The molecule has 10 nitrogen and oxygen atoms in total. The summed E-state index contributed by atoms with van der Waals surface area (Å²) >= 11 is 0. The lowest BCUT2D eigenvalue weighted by molar-refractivity contribution is 0.174. The summed E-state index contributed by atoms with van der Waals surface area (Å²) in [5.41, 5.74) is 0.849. The van der Waals surface area contributed by atoms with E-state index < -0.39 is 0 Å². The molecule has 1 aromatic carbocycles. The molecule has 0 atom stereocenters. The highest BCUT2D eigenvalue weighted by Crippen LogP contribution is 2.34. The number of piperazine rings is 1. The van der Waals surface area contributed by atoms with Crippen LogP contribution in [-0.2, 0) is 0 Å². The van der Waals surface area contributed by atoms with Gasteiger partial charge in [-0.25, -0.2) is 9.97 Å². The first kappa shape index (κ1) is 16.5. The van der Waals surface area contributed by atoms with Crippen molar-refractivity contribution in [3.8, 4) is 11.5 Å². The van der Waals surface area contributed by atoms with Crippen LogP contribution in [0.3, 0.4) is 0 Å². The molecule has 0 bridgehead atoms. The van der Waals surface area contributed by atoms with Gasteiger partial charge >= 0.3 is 0 Å². The zero-order valence-electron chi connectivity index (χ0n) is 15.0. The molecule has 2 aliphatic heterocycles. The lowest BCUT2D eigenvalue weighted by Gasteiger charge is -2.34. The Bertz CT molecular complexity index is 963. The van der Waals surface area contributed by atoms with Crippen LogP contribution < -0.4 is 24.6 Å². The molecule has 1 N–H and O–H groups in total. The van der Waals surface area contributed by atoms with Crippen LogP contribution in [0.2, 0.25) is 0 Å². The van der Waals surface area contributed by atoms with Gasteiger partial charge in [-0.15, -0.1) is 5.10 Å². The third-order valence-corrected chi connectivity index (χ3v) is 4.59. The van der Waals surface area contributed by atoms with Crippen LogP contribution in [0.25, 0.3) is 0 Å². The summed E-state index contributed by atoms with van der Waals surface area (Å²) in [6.07, 6.45) is 5.11. The Balaban J connectivity index is 1.26. The standard InChI is InChI=1S/C18H18N8O2/c1-4-19-17(20-5-1)25-6-8-26(9-7-25)18-23-16(11-21-24-18)22-13-2-3-14-15(10-13)28-12-27-14/h1-5,10-11H,6-9,12H2,(H,22,23,24). The molecule has 10 heteroatoms. The molecule has 0 spiro atoms. The highest BCUT2D eigenvalue weighted by molar-refractivity contribution is 5.62. The average Bonchev–Trinajstić information content (AvgIpc) is 3.23. The van der Waals surface area contributed by atoms with Crippen molar-refractivity contribution >= 4 is 23.4 Å². The van der Waals surface area contributed by atoms with Gasteiger partial charge in [-0.1, -0.05) is 0 Å². The molecule has 2 aromatic heterocycles. The Hall–Kier alpha value is -3.69. The largest absolute Gasteiger partial charge is 0.454 e. The van der Waals surface area contributed by atoms with Crippen LogP contribution in [0.4, 0.5) is 23.4 Å². The predicted molar refractivity (Wildman–Crippen MR) is 102 cm³/mol. The highest BCUT2D eigenvalue weighted by atomic mass is 16.7. The first-order valence-corrected chi connectivity index (χ1v) is 8.98. The summed E-state index contributed by atoms with van der Waals surface area (Å²) in [6, 6.07) is 7.47. The number of hydrogen-bond donors (Lipinski definition) is 1. The molecule has 0 unspecified atom stereocenters. The number of ether oxygens (including phenoxy) is 2. The fraction of sp³-hybridized carbons (Fsp3) is 0.278. The molecule has 0 aliphatic carbocycles. The highest BCUT2D eigenvalue weighted by Gasteiger charge is 2.21. The SMILES string of the molecule is c1cnc(N2CCN(c3nncc(Nc4ccc5c(c4)OCO5)n3)CC2)nc1. The van der Waals surface area contributed by atoms with Gasteiger partial charge in [0, 0.05) is 50.3 Å². The Morgan fingerprint density at radius 3 is 2.46 bits per heavy atom. The normalized spacial score (nSPS) is 15.6. The number of nitrogens with one attached hydrogen (secondary N) is 1. The van der Waals surface area contributed by atoms with E-state index in [1.807, 2.05) is 24.3 Å². The number of fused-ring (bicyclic) bond motifs is 1. The Labute approximate surface area is 161 Å². The average molecular weight is 378 g/mol. The van der Waals surface area contributed by atoms with Crippen LogP contribution in [0.15, 0.2) is 42.9 Å². The predicted octanol–water partition coefficient (Wildman–Crippen LogP) is 1.46. The second kappa shape index (κ2) is 7.14. The molecular weight excluding hydrogens is 360 g/mol. The number of anilines is 4. The Kier molecular flexibility index (Phi) is 4.20. The number of aromatic nitrogens is 5. The fourth-order valence-corrected chi connectivity index (χ4v) is 3.17. The lowest BCUT2D eigenvalue weighted by Crippen LogP contribution is -2.47. The van der Waals surface area contributed by atoms with Crippen molar-refractivity contribution < 1.29 is 9.47 Å². The maximum Gasteiger partial charge on any atom is 0.247 e. The molecule has 2 aliphatic rings. The second-order valence-electron chi connectivity index (χ2n) is 6.36. The van der Waals surface area contributed by atoms with Crippen LogP contribution in [0.5, 0.6) is 11.5 Å². The first-order valence-electron chi connectivity index (χ1n) is 8.98. The smallest absolute Gasteiger partial charge is 0.247 e. The number of nitrogens with zero attached hydrogens (tertiary/aromatic N) is 7. The summed E-state index contributed by atoms with van der Waals surface area (Å²) in [7, 11) is 0. The molecule has 0 amide bonds. The van der Waals surface area contributed by atoms with E-state index in [4.69, 9.17) is 9.47 Å². The second-order valence-corrected chi connectivity index (χ2v) is 6.36. The van der Waals surface area contributed by atoms with Gasteiger partial charge in [0.05, 0.1) is 6.20 Å². The third kappa shape index (κ3) is 3.31. The number of hydrogen-bond acceptors (Lipinski definition) is 10. The molecule has 1 fully saturated rings. The van der Waals surface area contributed by atoms with E-state index in [1.165, 1.54) is 0 Å². The van der Waals surface area contributed by atoms with E-state index in [2.05, 4.69) is 40.3 Å². The van der Waals surface area contributed by atoms with E-state index in [0.29, 0.717) is 17.5 Å². The quantitative estimate of drug-likeness (QED) is 0.718. The molecule has 0 radical (unpaired) electrons. The molecular formula is C18H18N8O2. The van der Waals surface area contributed by atoms with Gasteiger partial charge in [0.15, 0.2) is 17.3 Å². The minimum Gasteiger partial charge on any atom is -0.454 e. The Morgan fingerprint density at radius 2 is 1.64 bits per heavy atom. The van der Waals surface area contributed by atoms with E-state index in [-0.39, 0.29) is 6.79 Å². The van der Waals surface area contributed by atoms with Crippen molar-refractivity contribution in [3.05, 3.63) is 42.9 Å². The van der Waals surface area contributed by atoms with Crippen LogP contribution in [0, 0.1) is 0 Å². The van der Waals surface area contributed by atoms with Crippen LogP contribution in [0.1, 0.15) is 0 Å². The van der Waals surface area contributed by atoms with Gasteiger partial charge in [-0.05, 0) is 18.2 Å². The third-order valence-electron chi connectivity index (χ3n) is 4.59. The lowest BCUT2D eigenvalue weighted by atomic mass is 10.3. The summed E-state index contributed by atoms with van der Waals surface area (Å²) < 4.78 is 10.7. The molecule has 1 saturated heterocycles. The zero-order chi connectivity index (χ0) is 18.8. The summed E-state index contributed by atoms with van der Waals surface area (Å²) in [5.74, 6) is 3.43. The monoisotopic (exact) mass is 378 g/mol. The minimum absolute atomic E-state index is 0.248. The van der Waals surface area contributed by atoms with Gasteiger partial charge in [0.2, 0.25) is 18.7 Å². The summed E-state index contributed by atoms with van der Waals surface area (Å²) in [6.45, 7) is 3.39. The van der Waals surface area contributed by atoms with Gasteiger partial charge in [0.1, 0.15) is 0 Å². The number of benzene rings is 1. The molecule has 0 saturated carbocycles. The van der Waals surface area contributed by atoms with E-state index in [9.17, 15) is 0 Å². The van der Waals surface area contributed by atoms with Gasteiger partial charge in [-0.2, -0.15) is 10.1 Å². The summed E-state index contributed by atoms with van der Waals surface area (Å²) in [5, 5.41) is 11.5. The van der Waals surface area contributed by atoms with Crippen molar-refractivity contribution in [1.29, 1.82) is 0 Å². The van der Waals surface area contributed by atoms with E-state index in [1.54, 1.807) is 18.6 Å². The van der Waals surface area contributed by atoms with E-state index >= 15 is 0 Å². The van der Waals surface area contributed by atoms with Crippen molar-refractivity contribution in [3.63, 3.8) is 0 Å². The minimum atomic E-state index is 0.248. The van der Waals surface area contributed by atoms with Gasteiger partial charge < -0.3 is 24.6 Å². The molecule has 142 valence electrons. The fourth-order valence-electron chi connectivity index (χ4n) is 3.17. The van der Waals surface area contributed by atoms with Crippen molar-refractivity contribution in [1.82, 2.24) is 25.1 Å².